The molecule has 0 amide bonds. The molecular weight excluding hydrogens is 426 g/mol. The highest BCUT2D eigenvalue weighted by atomic mass is 19.1. The first-order chi connectivity index (χ1) is 16.6. The highest BCUT2D eigenvalue weighted by molar-refractivity contribution is 5.89. The van der Waals surface area contributed by atoms with E-state index < -0.39 is 0 Å². The fraction of sp³-hybridized carbons (Fsp3) is 0.226. The van der Waals surface area contributed by atoms with Gasteiger partial charge in [0.25, 0.3) is 0 Å². The van der Waals surface area contributed by atoms with Gasteiger partial charge in [-0.1, -0.05) is 93.4 Å². The van der Waals surface area contributed by atoms with Gasteiger partial charge in [-0.25, -0.2) is 8.78 Å². The average Bonchev–Trinajstić information content (AvgIpc) is 2.86. The van der Waals surface area contributed by atoms with Crippen LogP contribution in [-0.4, -0.2) is 6.61 Å². The topological polar surface area (TPSA) is 9.23 Å². The van der Waals surface area contributed by atoms with E-state index in [1.54, 1.807) is 36.4 Å². The number of hydrogen-bond acceptors (Lipinski definition) is 1. The van der Waals surface area contributed by atoms with Crippen molar-refractivity contribution in [1.29, 1.82) is 0 Å². The van der Waals surface area contributed by atoms with Crippen LogP contribution >= 0.6 is 0 Å². The summed E-state index contributed by atoms with van der Waals surface area (Å²) in [5.41, 5.74) is 3.36. The third kappa shape index (κ3) is 5.36. The summed E-state index contributed by atoms with van der Waals surface area (Å²) in [5.74, 6) is -0.00637. The van der Waals surface area contributed by atoms with Crippen LogP contribution in [0.4, 0.5) is 8.78 Å². The van der Waals surface area contributed by atoms with E-state index in [4.69, 9.17) is 4.74 Å². The molecule has 0 aromatic heterocycles. The third-order valence-electron chi connectivity index (χ3n) is 6.15. The molecule has 174 valence electrons. The summed E-state index contributed by atoms with van der Waals surface area (Å²) < 4.78 is 35.9. The second-order valence-electron chi connectivity index (χ2n) is 8.61. The zero-order chi connectivity index (χ0) is 23.9. The molecule has 0 aliphatic rings. The third-order valence-corrected chi connectivity index (χ3v) is 6.15. The summed E-state index contributed by atoms with van der Waals surface area (Å²) in [4.78, 5) is 0. The SMILES string of the molecule is C=CCOc1ccc(-c2ccc(-c3ccc4cc(CCCCCC)ccc4c3F)cc2F)cc1. The fourth-order valence-electron chi connectivity index (χ4n) is 4.28. The maximum Gasteiger partial charge on any atom is 0.138 e. The molecule has 0 unspecified atom stereocenters. The summed E-state index contributed by atoms with van der Waals surface area (Å²) in [6.45, 7) is 6.25. The quantitative estimate of drug-likeness (QED) is 0.171. The number of aryl methyl sites for hydroxylation is 1. The van der Waals surface area contributed by atoms with Crippen molar-refractivity contribution in [2.75, 3.05) is 6.61 Å². The second-order valence-corrected chi connectivity index (χ2v) is 8.61. The van der Waals surface area contributed by atoms with E-state index in [1.165, 1.54) is 30.9 Å². The van der Waals surface area contributed by atoms with Gasteiger partial charge in [-0.2, -0.15) is 0 Å². The Morgan fingerprint density at radius 3 is 2.29 bits per heavy atom. The van der Waals surface area contributed by atoms with Crippen LogP contribution in [0.2, 0.25) is 0 Å². The van der Waals surface area contributed by atoms with Crippen molar-refractivity contribution in [3.63, 3.8) is 0 Å². The predicted octanol–water partition coefficient (Wildman–Crippen LogP) is 9.14. The standard InChI is InChI=1S/C31H30F2O/c1-3-5-6-7-8-22-9-16-28-24(20-22)13-18-29(31(28)33)25-12-17-27(30(32)21-25)23-10-14-26(15-11-23)34-19-4-2/h4,9-18,20-21H,2-3,5-8,19H2,1H3. The molecule has 0 bridgehead atoms. The monoisotopic (exact) mass is 456 g/mol. The zero-order valence-electron chi connectivity index (χ0n) is 19.6. The van der Waals surface area contributed by atoms with Crippen molar-refractivity contribution in [1.82, 2.24) is 0 Å². The van der Waals surface area contributed by atoms with Gasteiger partial charge in [0.05, 0.1) is 0 Å². The lowest BCUT2D eigenvalue weighted by Gasteiger charge is -2.11. The number of hydrogen-bond donors (Lipinski definition) is 0. The molecule has 3 heteroatoms. The minimum Gasteiger partial charge on any atom is -0.490 e. The molecule has 1 nitrogen and oxygen atoms in total. The molecule has 4 aromatic carbocycles. The van der Waals surface area contributed by atoms with Gasteiger partial charge in [0.15, 0.2) is 0 Å². The summed E-state index contributed by atoms with van der Waals surface area (Å²) in [6, 6.07) is 21.7. The number of halogens is 2. The molecule has 0 saturated heterocycles. The number of benzene rings is 4. The molecule has 34 heavy (non-hydrogen) atoms. The van der Waals surface area contributed by atoms with Crippen LogP contribution in [0.1, 0.15) is 38.2 Å². The first kappa shape index (κ1) is 23.7. The number of fused-ring (bicyclic) bond motifs is 1. The Labute approximate surface area is 200 Å². The molecule has 0 radical (unpaired) electrons. The number of rotatable bonds is 10. The summed E-state index contributed by atoms with van der Waals surface area (Å²) in [7, 11) is 0. The largest absolute Gasteiger partial charge is 0.490 e. The molecule has 4 aromatic rings. The Morgan fingerprint density at radius 1 is 0.794 bits per heavy atom. The van der Waals surface area contributed by atoms with E-state index in [0.717, 1.165) is 23.8 Å². The summed E-state index contributed by atoms with van der Waals surface area (Å²) in [5, 5.41) is 1.44. The van der Waals surface area contributed by atoms with Crippen molar-refractivity contribution in [3.8, 4) is 28.0 Å². The Hall–Kier alpha value is -3.46. The van der Waals surface area contributed by atoms with Gasteiger partial charge in [0.2, 0.25) is 0 Å². The minimum absolute atomic E-state index is 0.314. The van der Waals surface area contributed by atoms with Crippen LogP contribution in [0.25, 0.3) is 33.0 Å². The van der Waals surface area contributed by atoms with Gasteiger partial charge in [-0.05, 0) is 53.1 Å². The summed E-state index contributed by atoms with van der Waals surface area (Å²) >= 11 is 0. The van der Waals surface area contributed by atoms with Crippen LogP contribution < -0.4 is 4.74 Å². The van der Waals surface area contributed by atoms with Crippen LogP contribution in [-0.2, 0) is 6.42 Å². The first-order valence-electron chi connectivity index (χ1n) is 12.0. The van der Waals surface area contributed by atoms with Gasteiger partial charge in [-0.15, -0.1) is 0 Å². The Kier molecular flexibility index (Phi) is 7.74. The lowest BCUT2D eigenvalue weighted by Crippen LogP contribution is -1.93. The van der Waals surface area contributed by atoms with Gasteiger partial charge in [0, 0.05) is 16.5 Å². The van der Waals surface area contributed by atoms with E-state index in [-0.39, 0.29) is 11.6 Å². The Morgan fingerprint density at radius 2 is 1.56 bits per heavy atom. The van der Waals surface area contributed by atoms with Gasteiger partial charge < -0.3 is 4.74 Å². The van der Waals surface area contributed by atoms with Crippen molar-refractivity contribution in [2.24, 2.45) is 0 Å². The van der Waals surface area contributed by atoms with Crippen LogP contribution in [0.15, 0.2) is 85.5 Å². The van der Waals surface area contributed by atoms with E-state index in [9.17, 15) is 0 Å². The minimum atomic E-state index is -0.390. The normalized spacial score (nSPS) is 11.0. The van der Waals surface area contributed by atoms with Crippen molar-refractivity contribution >= 4 is 10.8 Å². The Bertz CT molecular complexity index is 1270. The van der Waals surface area contributed by atoms with Crippen molar-refractivity contribution in [3.05, 3.63) is 103 Å². The van der Waals surface area contributed by atoms with Crippen LogP contribution in [0.3, 0.4) is 0 Å². The van der Waals surface area contributed by atoms with Crippen molar-refractivity contribution in [2.45, 2.75) is 39.0 Å². The molecule has 0 fully saturated rings. The summed E-state index contributed by atoms with van der Waals surface area (Å²) in [6.07, 6.45) is 7.51. The molecule has 0 saturated carbocycles. The average molecular weight is 457 g/mol. The number of unbranched alkanes of at least 4 members (excludes halogenated alkanes) is 3. The van der Waals surface area contributed by atoms with Crippen molar-refractivity contribution < 1.29 is 13.5 Å². The molecular formula is C31H30F2O. The van der Waals surface area contributed by atoms with Gasteiger partial charge in [-0.3, -0.25) is 0 Å². The van der Waals surface area contributed by atoms with Gasteiger partial charge >= 0.3 is 0 Å². The van der Waals surface area contributed by atoms with Crippen LogP contribution in [0, 0.1) is 11.6 Å². The maximum atomic E-state index is 15.4. The highest BCUT2D eigenvalue weighted by Gasteiger charge is 2.13. The maximum absolute atomic E-state index is 15.4. The molecule has 0 aliphatic carbocycles. The highest BCUT2D eigenvalue weighted by Crippen LogP contribution is 2.33. The molecule has 0 aliphatic heterocycles. The predicted molar refractivity (Wildman–Crippen MR) is 138 cm³/mol. The zero-order valence-corrected chi connectivity index (χ0v) is 19.6. The van der Waals surface area contributed by atoms with E-state index in [2.05, 4.69) is 19.6 Å². The van der Waals surface area contributed by atoms with Crippen LogP contribution in [0.5, 0.6) is 5.75 Å². The lowest BCUT2D eigenvalue weighted by molar-refractivity contribution is 0.363. The molecule has 0 heterocycles. The molecule has 0 N–H and O–H groups in total. The van der Waals surface area contributed by atoms with E-state index >= 15 is 8.78 Å². The van der Waals surface area contributed by atoms with Gasteiger partial charge in [0.1, 0.15) is 24.0 Å². The smallest absolute Gasteiger partial charge is 0.138 e. The fourth-order valence-corrected chi connectivity index (χ4v) is 4.28. The molecule has 0 atom stereocenters. The molecule has 0 spiro atoms. The molecule has 4 rings (SSSR count). The Balaban J connectivity index is 1.57. The number of ether oxygens (including phenoxy) is 1. The second kappa shape index (κ2) is 11.1. The van der Waals surface area contributed by atoms with E-state index in [0.29, 0.717) is 34.4 Å². The lowest BCUT2D eigenvalue weighted by atomic mass is 9.96. The van der Waals surface area contributed by atoms with E-state index in [1.807, 2.05) is 30.3 Å². The first-order valence-corrected chi connectivity index (χ1v) is 12.0.